The van der Waals surface area contributed by atoms with E-state index in [4.69, 9.17) is 4.74 Å². The highest BCUT2D eigenvalue weighted by atomic mass is 32.1. The van der Waals surface area contributed by atoms with Gasteiger partial charge in [-0.15, -0.1) is 10.2 Å². The molecule has 1 fully saturated rings. The van der Waals surface area contributed by atoms with Gasteiger partial charge < -0.3 is 10.1 Å². The predicted molar refractivity (Wildman–Crippen MR) is 70.8 cm³/mol. The van der Waals surface area contributed by atoms with E-state index in [1.807, 2.05) is 0 Å². The molecule has 1 saturated heterocycles. The summed E-state index contributed by atoms with van der Waals surface area (Å²) in [5.41, 5.74) is 0. The van der Waals surface area contributed by atoms with Gasteiger partial charge in [-0.05, 0) is 19.3 Å². The Bertz CT molecular complexity index is 400. The molecule has 0 bridgehead atoms. The molecule has 0 spiro atoms. The lowest BCUT2D eigenvalue weighted by Gasteiger charge is -2.07. The summed E-state index contributed by atoms with van der Waals surface area (Å²) in [5, 5.41) is 12.3. The maximum atomic E-state index is 11.7. The van der Waals surface area contributed by atoms with Gasteiger partial charge in [-0.2, -0.15) is 0 Å². The lowest BCUT2D eigenvalue weighted by Crippen LogP contribution is -2.15. The fourth-order valence-corrected chi connectivity index (χ4v) is 2.63. The molecule has 1 aromatic heterocycles. The van der Waals surface area contributed by atoms with Crippen molar-refractivity contribution < 1.29 is 9.53 Å². The smallest absolute Gasteiger partial charge is 0.226 e. The van der Waals surface area contributed by atoms with Crippen molar-refractivity contribution in [3.63, 3.8) is 0 Å². The van der Waals surface area contributed by atoms with Gasteiger partial charge in [-0.1, -0.05) is 25.2 Å². The van der Waals surface area contributed by atoms with Gasteiger partial charge in [0.05, 0.1) is 6.10 Å². The van der Waals surface area contributed by atoms with E-state index in [0.29, 0.717) is 17.5 Å². The number of hydrogen-bond acceptors (Lipinski definition) is 5. The zero-order valence-electron chi connectivity index (χ0n) is 10.8. The Morgan fingerprint density at radius 3 is 3.00 bits per heavy atom. The van der Waals surface area contributed by atoms with Crippen LogP contribution in [0.15, 0.2) is 0 Å². The van der Waals surface area contributed by atoms with Crippen molar-refractivity contribution in [1.29, 1.82) is 0 Å². The first-order chi connectivity index (χ1) is 8.65. The van der Waals surface area contributed by atoms with Crippen molar-refractivity contribution in [2.75, 3.05) is 11.9 Å². The van der Waals surface area contributed by atoms with Crippen molar-refractivity contribution in [2.24, 2.45) is 0 Å². The zero-order valence-corrected chi connectivity index (χ0v) is 11.6. The van der Waals surface area contributed by atoms with Gasteiger partial charge in [0.1, 0.15) is 5.01 Å². The Morgan fingerprint density at radius 1 is 1.56 bits per heavy atom. The summed E-state index contributed by atoms with van der Waals surface area (Å²) in [4.78, 5) is 11.7. The summed E-state index contributed by atoms with van der Waals surface area (Å²) in [6.45, 7) is 4.95. The summed E-state index contributed by atoms with van der Waals surface area (Å²) in [7, 11) is 0. The molecule has 1 aromatic rings. The van der Waals surface area contributed by atoms with Crippen LogP contribution in [-0.4, -0.2) is 28.8 Å². The number of carbonyl (C=O) groups excluding carboxylic acids is 1. The van der Waals surface area contributed by atoms with Crippen LogP contribution in [0.25, 0.3) is 0 Å². The van der Waals surface area contributed by atoms with E-state index in [0.717, 1.165) is 30.9 Å². The lowest BCUT2D eigenvalue weighted by molar-refractivity contribution is -0.116. The normalized spacial score (nSPS) is 19.4. The molecule has 1 atom stereocenters. The standard InChI is InChI=1S/C12H19N3O2S/c1-8(2)11-14-15-12(18-11)13-10(16)6-5-9-4-3-7-17-9/h8-9H,3-7H2,1-2H3,(H,13,15,16)/t9-/m1/s1. The molecule has 0 radical (unpaired) electrons. The van der Waals surface area contributed by atoms with Gasteiger partial charge in [-0.3, -0.25) is 4.79 Å². The Labute approximate surface area is 111 Å². The number of anilines is 1. The van der Waals surface area contributed by atoms with Crippen molar-refractivity contribution in [1.82, 2.24) is 10.2 Å². The van der Waals surface area contributed by atoms with Crippen molar-refractivity contribution in [2.45, 2.75) is 51.6 Å². The fourth-order valence-electron chi connectivity index (χ4n) is 1.86. The van der Waals surface area contributed by atoms with Crippen LogP contribution in [0, 0.1) is 0 Å². The summed E-state index contributed by atoms with van der Waals surface area (Å²) in [6.07, 6.45) is 3.73. The first kappa shape index (κ1) is 13.4. The summed E-state index contributed by atoms with van der Waals surface area (Å²) >= 11 is 1.44. The molecule has 18 heavy (non-hydrogen) atoms. The van der Waals surface area contributed by atoms with E-state index in [1.54, 1.807) is 0 Å². The first-order valence-electron chi connectivity index (χ1n) is 6.40. The zero-order chi connectivity index (χ0) is 13.0. The second-order valence-electron chi connectivity index (χ2n) is 4.82. The molecule has 5 nitrogen and oxygen atoms in total. The highest BCUT2D eigenvalue weighted by molar-refractivity contribution is 7.15. The number of rotatable bonds is 5. The highest BCUT2D eigenvalue weighted by Gasteiger charge is 2.17. The molecule has 1 amide bonds. The van der Waals surface area contributed by atoms with E-state index in [2.05, 4.69) is 29.4 Å². The molecule has 100 valence electrons. The molecular weight excluding hydrogens is 250 g/mol. The van der Waals surface area contributed by atoms with Crippen molar-refractivity contribution in [3.05, 3.63) is 5.01 Å². The minimum Gasteiger partial charge on any atom is -0.378 e. The van der Waals surface area contributed by atoms with E-state index >= 15 is 0 Å². The third-order valence-corrected chi connectivity index (χ3v) is 4.04. The summed E-state index contributed by atoms with van der Waals surface area (Å²) in [5.74, 6) is 0.344. The summed E-state index contributed by atoms with van der Waals surface area (Å²) < 4.78 is 5.48. The number of nitrogens with zero attached hydrogens (tertiary/aromatic N) is 2. The fraction of sp³-hybridized carbons (Fsp3) is 0.750. The van der Waals surface area contributed by atoms with E-state index < -0.39 is 0 Å². The molecule has 2 heterocycles. The van der Waals surface area contributed by atoms with Gasteiger partial charge in [0.2, 0.25) is 11.0 Å². The Morgan fingerprint density at radius 2 is 2.39 bits per heavy atom. The molecule has 0 unspecified atom stereocenters. The number of nitrogens with one attached hydrogen (secondary N) is 1. The molecule has 6 heteroatoms. The maximum Gasteiger partial charge on any atom is 0.226 e. The number of hydrogen-bond donors (Lipinski definition) is 1. The number of carbonyl (C=O) groups is 1. The van der Waals surface area contributed by atoms with Crippen LogP contribution < -0.4 is 5.32 Å². The Hall–Kier alpha value is -1.01. The average Bonchev–Trinajstić information content (AvgIpc) is 2.96. The number of ether oxygens (including phenoxy) is 1. The van der Waals surface area contributed by atoms with Crippen LogP contribution in [0.2, 0.25) is 0 Å². The van der Waals surface area contributed by atoms with E-state index in [1.165, 1.54) is 11.3 Å². The molecular formula is C12H19N3O2S. The maximum absolute atomic E-state index is 11.7. The monoisotopic (exact) mass is 269 g/mol. The SMILES string of the molecule is CC(C)c1nnc(NC(=O)CC[C@H]2CCCO2)s1. The van der Waals surface area contributed by atoms with Crippen molar-refractivity contribution >= 4 is 22.4 Å². The second-order valence-corrected chi connectivity index (χ2v) is 5.83. The van der Waals surface area contributed by atoms with Gasteiger partial charge in [-0.25, -0.2) is 0 Å². The lowest BCUT2D eigenvalue weighted by atomic mass is 10.1. The molecule has 1 aliphatic rings. The minimum atomic E-state index is -0.00282. The van der Waals surface area contributed by atoms with Crippen LogP contribution >= 0.6 is 11.3 Å². The van der Waals surface area contributed by atoms with Crippen molar-refractivity contribution in [3.8, 4) is 0 Å². The van der Waals surface area contributed by atoms with Gasteiger partial charge in [0.25, 0.3) is 0 Å². The highest BCUT2D eigenvalue weighted by Crippen LogP contribution is 2.23. The van der Waals surface area contributed by atoms with E-state index in [-0.39, 0.29) is 12.0 Å². The molecule has 0 aromatic carbocycles. The number of amides is 1. The summed E-state index contributed by atoms with van der Waals surface area (Å²) in [6, 6.07) is 0. The average molecular weight is 269 g/mol. The third kappa shape index (κ3) is 3.74. The first-order valence-corrected chi connectivity index (χ1v) is 7.21. The molecule has 1 aliphatic heterocycles. The Balaban J connectivity index is 1.75. The third-order valence-electron chi connectivity index (χ3n) is 2.90. The van der Waals surface area contributed by atoms with Crippen LogP contribution in [-0.2, 0) is 9.53 Å². The van der Waals surface area contributed by atoms with E-state index in [9.17, 15) is 4.79 Å². The topological polar surface area (TPSA) is 64.1 Å². The molecule has 0 saturated carbocycles. The largest absolute Gasteiger partial charge is 0.378 e. The predicted octanol–water partition coefficient (Wildman–Crippen LogP) is 2.56. The van der Waals surface area contributed by atoms with Crippen LogP contribution in [0.4, 0.5) is 5.13 Å². The second kappa shape index (κ2) is 6.24. The van der Waals surface area contributed by atoms with Crippen LogP contribution in [0.3, 0.4) is 0 Å². The van der Waals surface area contributed by atoms with Gasteiger partial charge in [0.15, 0.2) is 0 Å². The molecule has 2 rings (SSSR count). The Kier molecular flexibility index (Phi) is 4.66. The van der Waals surface area contributed by atoms with Crippen LogP contribution in [0.5, 0.6) is 0 Å². The molecule has 0 aliphatic carbocycles. The number of aromatic nitrogens is 2. The quantitative estimate of drug-likeness (QED) is 0.892. The van der Waals surface area contributed by atoms with Gasteiger partial charge >= 0.3 is 0 Å². The minimum absolute atomic E-state index is 0.00282. The van der Waals surface area contributed by atoms with Crippen LogP contribution in [0.1, 0.15) is 50.5 Å². The molecule has 1 N–H and O–H groups in total. The van der Waals surface area contributed by atoms with Gasteiger partial charge in [0, 0.05) is 18.9 Å².